The fourth-order valence-electron chi connectivity index (χ4n) is 3.78. The fraction of sp³-hybridized carbons (Fsp3) is 0.500. The minimum atomic E-state index is -4.80. The van der Waals surface area contributed by atoms with E-state index in [-0.39, 0.29) is 17.6 Å². The first-order chi connectivity index (χ1) is 15.0. The van der Waals surface area contributed by atoms with Crippen molar-refractivity contribution in [1.82, 2.24) is 15.3 Å². The summed E-state index contributed by atoms with van der Waals surface area (Å²) in [5.41, 5.74) is 2.09. The van der Waals surface area contributed by atoms with Gasteiger partial charge in [0.25, 0.3) is 5.91 Å². The van der Waals surface area contributed by atoms with Crippen molar-refractivity contribution in [3.05, 3.63) is 41.1 Å². The van der Waals surface area contributed by atoms with Gasteiger partial charge in [0, 0.05) is 43.0 Å². The third kappa shape index (κ3) is 6.24. The summed E-state index contributed by atoms with van der Waals surface area (Å²) in [6.07, 6.45) is -1.68. The topological polar surface area (TPSA) is 79.4 Å². The van der Waals surface area contributed by atoms with Gasteiger partial charge in [-0.25, -0.2) is 4.98 Å². The molecule has 3 rings (SSSR count). The van der Waals surface area contributed by atoms with Crippen LogP contribution in [0.5, 0.6) is 5.75 Å². The first-order valence-electron chi connectivity index (χ1n) is 10.5. The minimum absolute atomic E-state index is 0.0502. The van der Waals surface area contributed by atoms with E-state index in [1.54, 1.807) is 0 Å². The molecule has 0 radical (unpaired) electrons. The van der Waals surface area contributed by atoms with Crippen LogP contribution in [-0.2, 0) is 0 Å². The number of rotatable bonds is 6. The molecular weight excluding hydrogens is 423 g/mol. The molecule has 1 aromatic carbocycles. The first-order valence-corrected chi connectivity index (χ1v) is 10.5. The number of anilines is 2. The second kappa shape index (κ2) is 9.62. The van der Waals surface area contributed by atoms with E-state index in [1.807, 2.05) is 32.8 Å². The lowest BCUT2D eigenvalue weighted by molar-refractivity contribution is -0.274. The smallest absolute Gasteiger partial charge is 0.406 e. The summed E-state index contributed by atoms with van der Waals surface area (Å²) >= 11 is 0. The van der Waals surface area contributed by atoms with Gasteiger partial charge in [-0.2, -0.15) is 4.98 Å². The molecule has 0 bridgehead atoms. The lowest BCUT2D eigenvalue weighted by atomic mass is 9.91. The monoisotopic (exact) mass is 451 g/mol. The number of carbonyl (C=O) groups is 1. The molecule has 0 atom stereocenters. The Morgan fingerprint density at radius 3 is 2.38 bits per heavy atom. The summed E-state index contributed by atoms with van der Waals surface area (Å²) in [5, 5.41) is 6.30. The lowest BCUT2D eigenvalue weighted by Crippen LogP contribution is -2.40. The normalized spacial score (nSPS) is 18.7. The SMILES string of the molecule is Cc1nc(NC2CCC(NC(=O)c3cccc(OC(F)(F)F)c3)CC2)nc(N(C)C)c1C. The van der Waals surface area contributed by atoms with Crippen LogP contribution in [0.25, 0.3) is 0 Å². The van der Waals surface area contributed by atoms with Gasteiger partial charge in [-0.1, -0.05) is 6.07 Å². The van der Waals surface area contributed by atoms with Gasteiger partial charge >= 0.3 is 6.36 Å². The number of ether oxygens (including phenoxy) is 1. The van der Waals surface area contributed by atoms with Gasteiger partial charge in [0.15, 0.2) is 0 Å². The first kappa shape index (κ1) is 23.6. The quantitative estimate of drug-likeness (QED) is 0.685. The Kier molecular flexibility index (Phi) is 7.10. The third-order valence-electron chi connectivity index (χ3n) is 5.51. The van der Waals surface area contributed by atoms with Gasteiger partial charge in [-0.15, -0.1) is 13.2 Å². The van der Waals surface area contributed by atoms with E-state index in [4.69, 9.17) is 0 Å². The molecule has 1 amide bonds. The van der Waals surface area contributed by atoms with Gasteiger partial charge in [0.1, 0.15) is 11.6 Å². The molecule has 0 aliphatic heterocycles. The fourth-order valence-corrected chi connectivity index (χ4v) is 3.78. The molecular formula is C22H28F3N5O2. The number of nitrogens with zero attached hydrogens (tertiary/aromatic N) is 3. The van der Waals surface area contributed by atoms with Gasteiger partial charge in [0.05, 0.1) is 0 Å². The summed E-state index contributed by atoms with van der Waals surface area (Å²) < 4.78 is 41.1. The van der Waals surface area contributed by atoms with E-state index in [0.717, 1.165) is 54.9 Å². The number of carbonyl (C=O) groups excluding carboxylic acids is 1. The molecule has 1 saturated carbocycles. The molecule has 1 heterocycles. The number of halogens is 3. The van der Waals surface area contributed by atoms with Crippen molar-refractivity contribution in [3.63, 3.8) is 0 Å². The van der Waals surface area contributed by atoms with Gasteiger partial charge < -0.3 is 20.3 Å². The molecule has 2 aromatic rings. The lowest BCUT2D eigenvalue weighted by Gasteiger charge is -2.30. The Balaban J connectivity index is 1.54. The number of aryl methyl sites for hydroxylation is 1. The van der Waals surface area contributed by atoms with Crippen LogP contribution in [0, 0.1) is 13.8 Å². The van der Waals surface area contributed by atoms with Crippen LogP contribution in [0.3, 0.4) is 0 Å². The zero-order chi connectivity index (χ0) is 23.5. The molecule has 1 fully saturated rings. The second-order valence-electron chi connectivity index (χ2n) is 8.22. The van der Waals surface area contributed by atoms with Crippen LogP contribution in [0.2, 0.25) is 0 Å². The molecule has 0 spiro atoms. The van der Waals surface area contributed by atoms with Gasteiger partial charge in [-0.3, -0.25) is 4.79 Å². The van der Waals surface area contributed by atoms with Crippen LogP contribution in [0.15, 0.2) is 24.3 Å². The van der Waals surface area contributed by atoms with Crippen molar-refractivity contribution in [2.75, 3.05) is 24.3 Å². The van der Waals surface area contributed by atoms with Crippen molar-refractivity contribution < 1.29 is 22.7 Å². The van der Waals surface area contributed by atoms with Gasteiger partial charge in [-0.05, 0) is 57.7 Å². The van der Waals surface area contributed by atoms with Crippen LogP contribution < -0.4 is 20.3 Å². The highest BCUT2D eigenvalue weighted by atomic mass is 19.4. The maximum absolute atomic E-state index is 12.5. The number of amides is 1. The number of hydrogen-bond acceptors (Lipinski definition) is 6. The minimum Gasteiger partial charge on any atom is -0.406 e. The van der Waals surface area contributed by atoms with E-state index in [0.29, 0.717) is 5.95 Å². The number of hydrogen-bond donors (Lipinski definition) is 2. The predicted octanol–water partition coefficient (Wildman–Crippen LogP) is 4.21. The van der Waals surface area contributed by atoms with Crippen LogP contribution in [-0.4, -0.2) is 48.4 Å². The van der Waals surface area contributed by atoms with Crippen LogP contribution in [0.4, 0.5) is 24.9 Å². The van der Waals surface area contributed by atoms with E-state index >= 15 is 0 Å². The molecule has 174 valence electrons. The summed E-state index contributed by atoms with van der Waals surface area (Å²) in [4.78, 5) is 23.6. The summed E-state index contributed by atoms with van der Waals surface area (Å²) in [6, 6.07) is 5.22. The Labute approximate surface area is 185 Å². The Morgan fingerprint density at radius 2 is 1.75 bits per heavy atom. The van der Waals surface area contributed by atoms with Crippen LogP contribution in [0.1, 0.15) is 47.3 Å². The Hall–Kier alpha value is -3.04. The van der Waals surface area contributed by atoms with Crippen LogP contribution >= 0.6 is 0 Å². The van der Waals surface area contributed by atoms with Crippen molar-refractivity contribution in [2.45, 2.75) is 58.0 Å². The highest BCUT2D eigenvalue weighted by Crippen LogP contribution is 2.26. The number of benzene rings is 1. The molecule has 2 N–H and O–H groups in total. The van der Waals surface area contributed by atoms with Crippen molar-refractivity contribution in [1.29, 1.82) is 0 Å². The van der Waals surface area contributed by atoms with Crippen molar-refractivity contribution >= 4 is 17.7 Å². The van der Waals surface area contributed by atoms with E-state index in [9.17, 15) is 18.0 Å². The molecule has 10 heteroatoms. The Morgan fingerprint density at radius 1 is 1.09 bits per heavy atom. The average molecular weight is 451 g/mol. The van der Waals surface area contributed by atoms with Gasteiger partial charge in [0.2, 0.25) is 5.95 Å². The maximum Gasteiger partial charge on any atom is 0.573 e. The number of alkyl halides is 3. The number of nitrogens with one attached hydrogen (secondary N) is 2. The zero-order valence-electron chi connectivity index (χ0n) is 18.6. The average Bonchev–Trinajstić information content (AvgIpc) is 2.70. The van der Waals surface area contributed by atoms with E-state index in [2.05, 4.69) is 25.3 Å². The maximum atomic E-state index is 12.5. The Bertz CT molecular complexity index is 957. The largest absolute Gasteiger partial charge is 0.573 e. The standard InChI is InChI=1S/C22H28F3N5O2/c1-13-14(2)26-21(29-19(13)30(3)4)28-17-10-8-16(9-11-17)27-20(31)15-6-5-7-18(12-15)32-22(23,24)25/h5-7,12,16-17H,8-11H2,1-4H3,(H,27,31)(H,26,28,29). The highest BCUT2D eigenvalue weighted by molar-refractivity contribution is 5.94. The summed E-state index contributed by atoms with van der Waals surface area (Å²) in [6.45, 7) is 3.95. The molecule has 7 nitrogen and oxygen atoms in total. The predicted molar refractivity (Wildman–Crippen MR) is 116 cm³/mol. The summed E-state index contributed by atoms with van der Waals surface area (Å²) in [7, 11) is 3.88. The summed E-state index contributed by atoms with van der Waals surface area (Å²) in [5.74, 6) is 0.633. The molecule has 1 aliphatic rings. The third-order valence-corrected chi connectivity index (χ3v) is 5.51. The van der Waals surface area contributed by atoms with Crippen molar-refractivity contribution in [2.24, 2.45) is 0 Å². The number of aromatic nitrogens is 2. The second-order valence-corrected chi connectivity index (χ2v) is 8.22. The molecule has 32 heavy (non-hydrogen) atoms. The van der Waals surface area contributed by atoms with E-state index < -0.39 is 18.0 Å². The molecule has 1 aliphatic carbocycles. The molecule has 0 saturated heterocycles. The molecule has 0 unspecified atom stereocenters. The van der Waals surface area contributed by atoms with E-state index in [1.165, 1.54) is 12.1 Å². The highest BCUT2D eigenvalue weighted by Gasteiger charge is 2.31. The molecule has 1 aromatic heterocycles. The van der Waals surface area contributed by atoms with Crippen molar-refractivity contribution in [3.8, 4) is 5.75 Å². The zero-order valence-corrected chi connectivity index (χ0v) is 18.6.